The fraction of sp³-hybridized carbons (Fsp3) is 0.118. The van der Waals surface area contributed by atoms with E-state index < -0.39 is 0 Å². The van der Waals surface area contributed by atoms with Crippen molar-refractivity contribution in [3.05, 3.63) is 66.4 Å². The Labute approximate surface area is 129 Å². The average Bonchev–Trinajstić information content (AvgIpc) is 2.95. The van der Waals surface area contributed by atoms with Crippen molar-refractivity contribution in [1.82, 2.24) is 9.66 Å². The topological polar surface area (TPSA) is 65.1 Å². The van der Waals surface area contributed by atoms with Crippen molar-refractivity contribution in [3.8, 4) is 17.0 Å². The van der Waals surface area contributed by atoms with Crippen LogP contribution in [-0.2, 0) is 6.54 Å². The molecule has 0 fully saturated rings. The van der Waals surface area contributed by atoms with Crippen LogP contribution in [0, 0.1) is 0 Å². The molecule has 0 bridgehead atoms. The lowest BCUT2D eigenvalue weighted by molar-refractivity contribution is 0.410. The summed E-state index contributed by atoms with van der Waals surface area (Å²) >= 11 is 0. The first-order valence-electron chi connectivity index (χ1n) is 7.04. The molecule has 0 atom stereocenters. The number of nitrogens with one attached hydrogen (secondary N) is 1. The van der Waals surface area contributed by atoms with Gasteiger partial charge in [0, 0.05) is 11.1 Å². The van der Waals surface area contributed by atoms with Crippen LogP contribution in [-0.4, -0.2) is 16.8 Å². The zero-order valence-corrected chi connectivity index (χ0v) is 12.4. The fourth-order valence-corrected chi connectivity index (χ4v) is 2.29. The van der Waals surface area contributed by atoms with E-state index in [0.717, 1.165) is 22.6 Å². The predicted molar refractivity (Wildman–Crippen MR) is 88.1 cm³/mol. The first-order chi connectivity index (χ1) is 10.8. The first-order valence-corrected chi connectivity index (χ1v) is 7.04. The molecule has 3 aromatic rings. The maximum absolute atomic E-state index is 5.97. The van der Waals surface area contributed by atoms with E-state index in [2.05, 4.69) is 10.4 Å². The summed E-state index contributed by atoms with van der Waals surface area (Å²) in [4.78, 5) is 4.38. The monoisotopic (exact) mass is 294 g/mol. The molecule has 0 spiro atoms. The Bertz CT molecular complexity index is 752. The Hall–Kier alpha value is -2.95. The van der Waals surface area contributed by atoms with E-state index in [-0.39, 0.29) is 0 Å². The molecule has 0 amide bonds. The molecule has 5 heteroatoms. The number of hydrogen-bond acceptors (Lipinski definition) is 4. The van der Waals surface area contributed by atoms with Crippen LogP contribution in [0.4, 0.5) is 5.95 Å². The summed E-state index contributed by atoms with van der Waals surface area (Å²) in [6, 6.07) is 17.8. The van der Waals surface area contributed by atoms with E-state index >= 15 is 0 Å². The summed E-state index contributed by atoms with van der Waals surface area (Å²) in [5.74, 6) is 1.27. The summed E-state index contributed by atoms with van der Waals surface area (Å²) in [6.45, 7) is 0.596. The number of ether oxygens (including phenoxy) is 1. The Morgan fingerprint density at radius 2 is 1.82 bits per heavy atom. The van der Waals surface area contributed by atoms with Gasteiger partial charge >= 0.3 is 0 Å². The third kappa shape index (κ3) is 2.88. The molecule has 0 aliphatic rings. The molecule has 0 unspecified atom stereocenters. The van der Waals surface area contributed by atoms with Crippen LogP contribution in [0.3, 0.4) is 0 Å². The van der Waals surface area contributed by atoms with Crippen LogP contribution in [0.15, 0.2) is 60.8 Å². The number of anilines is 1. The number of rotatable bonds is 5. The summed E-state index contributed by atoms with van der Waals surface area (Å²) < 4.78 is 7.07. The molecular weight excluding hydrogens is 276 g/mol. The molecule has 1 heterocycles. The van der Waals surface area contributed by atoms with Crippen molar-refractivity contribution < 1.29 is 4.74 Å². The number of aromatic nitrogens is 2. The predicted octanol–water partition coefficient (Wildman–Crippen LogP) is 2.88. The maximum atomic E-state index is 5.97. The van der Waals surface area contributed by atoms with Gasteiger partial charge in [-0.05, 0) is 6.07 Å². The highest BCUT2D eigenvalue weighted by molar-refractivity contribution is 5.60. The van der Waals surface area contributed by atoms with Gasteiger partial charge in [0.05, 0.1) is 25.5 Å². The molecule has 2 aromatic carbocycles. The molecular formula is C17H18N4O. The summed E-state index contributed by atoms with van der Waals surface area (Å²) in [7, 11) is 1.66. The van der Waals surface area contributed by atoms with Gasteiger partial charge in [0.2, 0.25) is 5.95 Å². The molecule has 0 aliphatic carbocycles. The molecule has 3 N–H and O–H groups in total. The quantitative estimate of drug-likeness (QED) is 0.759. The number of benzene rings is 2. The van der Waals surface area contributed by atoms with E-state index in [1.54, 1.807) is 11.8 Å². The van der Waals surface area contributed by atoms with Crippen molar-refractivity contribution >= 4 is 5.95 Å². The minimum atomic E-state index is 0.425. The second-order valence-corrected chi connectivity index (χ2v) is 4.87. The summed E-state index contributed by atoms with van der Waals surface area (Å²) in [5, 5.41) is 0. The minimum Gasteiger partial charge on any atom is -0.496 e. The summed E-state index contributed by atoms with van der Waals surface area (Å²) in [5.41, 5.74) is 12.1. The van der Waals surface area contributed by atoms with E-state index in [9.17, 15) is 0 Å². The van der Waals surface area contributed by atoms with Crippen molar-refractivity contribution in [1.29, 1.82) is 0 Å². The number of methoxy groups -OCH3 is 1. The second-order valence-electron chi connectivity index (χ2n) is 4.87. The molecule has 1 aromatic heterocycles. The van der Waals surface area contributed by atoms with Crippen LogP contribution in [0.2, 0.25) is 0 Å². The molecule has 22 heavy (non-hydrogen) atoms. The minimum absolute atomic E-state index is 0.425. The van der Waals surface area contributed by atoms with Crippen LogP contribution in [0.1, 0.15) is 5.56 Å². The third-order valence-corrected chi connectivity index (χ3v) is 3.44. The number of imidazole rings is 1. The Balaban J connectivity index is 1.78. The van der Waals surface area contributed by atoms with Gasteiger partial charge in [0.25, 0.3) is 0 Å². The largest absolute Gasteiger partial charge is 0.496 e. The van der Waals surface area contributed by atoms with E-state index in [0.29, 0.717) is 12.5 Å². The lowest BCUT2D eigenvalue weighted by Gasteiger charge is -2.11. The van der Waals surface area contributed by atoms with Gasteiger partial charge < -0.3 is 15.9 Å². The number of nitrogens with zero attached hydrogens (tertiary/aromatic N) is 2. The van der Waals surface area contributed by atoms with E-state index in [4.69, 9.17) is 10.5 Å². The van der Waals surface area contributed by atoms with Crippen molar-refractivity contribution in [2.45, 2.75) is 6.54 Å². The first kappa shape index (κ1) is 14.0. The van der Waals surface area contributed by atoms with Crippen molar-refractivity contribution in [2.75, 3.05) is 18.3 Å². The van der Waals surface area contributed by atoms with E-state index in [1.165, 1.54) is 0 Å². The highest BCUT2D eigenvalue weighted by Gasteiger charge is 2.07. The van der Waals surface area contributed by atoms with Crippen molar-refractivity contribution in [3.63, 3.8) is 0 Å². The van der Waals surface area contributed by atoms with Crippen LogP contribution in [0.5, 0.6) is 5.75 Å². The number of hydrogen-bond donors (Lipinski definition) is 2. The molecule has 0 aliphatic heterocycles. The van der Waals surface area contributed by atoms with Crippen molar-refractivity contribution in [2.24, 2.45) is 0 Å². The van der Waals surface area contributed by atoms with Gasteiger partial charge in [0.15, 0.2) is 0 Å². The van der Waals surface area contributed by atoms with Gasteiger partial charge in [-0.1, -0.05) is 48.5 Å². The standard InChI is InChI=1S/C17H18N4O/c1-22-16-10-6-5-9-14(16)11-19-21-12-15(20-17(21)18)13-7-3-2-4-8-13/h2-10,12,19H,11H2,1H3,(H2,18,20). The Morgan fingerprint density at radius 3 is 2.59 bits per heavy atom. The highest BCUT2D eigenvalue weighted by Crippen LogP contribution is 2.20. The van der Waals surface area contributed by atoms with Gasteiger partial charge in [-0.2, -0.15) is 0 Å². The Morgan fingerprint density at radius 1 is 1.09 bits per heavy atom. The lowest BCUT2D eigenvalue weighted by atomic mass is 10.2. The average molecular weight is 294 g/mol. The van der Waals surface area contributed by atoms with Gasteiger partial charge in [-0.3, -0.25) is 0 Å². The van der Waals surface area contributed by atoms with Crippen LogP contribution in [0.25, 0.3) is 11.3 Å². The Kier molecular flexibility index (Phi) is 3.96. The molecule has 0 radical (unpaired) electrons. The van der Waals surface area contributed by atoms with Crippen LogP contribution >= 0.6 is 0 Å². The smallest absolute Gasteiger partial charge is 0.219 e. The zero-order chi connectivity index (χ0) is 15.4. The molecule has 112 valence electrons. The van der Waals surface area contributed by atoms with Gasteiger partial charge in [-0.25, -0.2) is 9.66 Å². The van der Waals surface area contributed by atoms with Gasteiger partial charge in [0.1, 0.15) is 5.75 Å². The summed E-state index contributed by atoms with van der Waals surface area (Å²) in [6.07, 6.45) is 1.89. The highest BCUT2D eigenvalue weighted by atomic mass is 16.5. The fourth-order valence-electron chi connectivity index (χ4n) is 2.29. The molecule has 0 saturated carbocycles. The van der Waals surface area contributed by atoms with Crippen LogP contribution < -0.4 is 15.9 Å². The zero-order valence-electron chi connectivity index (χ0n) is 12.4. The number of nitrogens with two attached hydrogens (primary N) is 1. The maximum Gasteiger partial charge on any atom is 0.219 e. The number of nitrogen functional groups attached to an aromatic ring is 1. The molecule has 5 nitrogen and oxygen atoms in total. The molecule has 3 rings (SSSR count). The third-order valence-electron chi connectivity index (χ3n) is 3.44. The molecule has 0 saturated heterocycles. The normalized spacial score (nSPS) is 10.4. The second kappa shape index (κ2) is 6.22. The SMILES string of the molecule is COc1ccccc1CNn1cc(-c2ccccc2)nc1N. The lowest BCUT2D eigenvalue weighted by Crippen LogP contribution is -2.16. The van der Waals surface area contributed by atoms with Gasteiger partial charge in [-0.15, -0.1) is 0 Å². The number of para-hydroxylation sites is 1. The van der Waals surface area contributed by atoms with E-state index in [1.807, 2.05) is 60.8 Å².